The van der Waals surface area contributed by atoms with Crippen molar-refractivity contribution in [1.82, 2.24) is 30.2 Å². The number of aromatic nitrogens is 3. The summed E-state index contributed by atoms with van der Waals surface area (Å²) in [5.74, 6) is 0.709. The predicted octanol–water partition coefficient (Wildman–Crippen LogP) is 2.62. The maximum Gasteiger partial charge on any atom is 0.280 e. The van der Waals surface area contributed by atoms with Crippen molar-refractivity contribution in [1.29, 1.82) is 0 Å². The topological polar surface area (TPSA) is 123 Å². The molecule has 0 aromatic carbocycles. The minimum absolute atomic E-state index is 0.00575. The zero-order valence-electron chi connectivity index (χ0n) is 21.1. The van der Waals surface area contributed by atoms with Crippen LogP contribution >= 0.6 is 11.8 Å². The lowest BCUT2D eigenvalue weighted by Crippen LogP contribution is -2.28. The van der Waals surface area contributed by atoms with Crippen molar-refractivity contribution in [3.63, 3.8) is 0 Å². The van der Waals surface area contributed by atoms with Crippen molar-refractivity contribution in [3.05, 3.63) is 64.5 Å². The number of carbonyl (C=O) groups is 1. The van der Waals surface area contributed by atoms with Gasteiger partial charge in [-0.1, -0.05) is 11.8 Å². The molecule has 5 heterocycles. The number of pyridine rings is 3. The van der Waals surface area contributed by atoms with Gasteiger partial charge in [0.15, 0.2) is 5.17 Å². The van der Waals surface area contributed by atoms with Crippen LogP contribution in [0.2, 0.25) is 0 Å². The smallest absolute Gasteiger partial charge is 0.280 e. The molecule has 5 rings (SSSR count). The molecular weight excluding hydrogens is 532 g/mol. The molecule has 0 saturated carbocycles. The van der Waals surface area contributed by atoms with Crippen LogP contribution in [0.1, 0.15) is 28.9 Å². The molecule has 1 fully saturated rings. The number of hydrogen-bond donors (Lipinski definition) is 2. The Kier molecular flexibility index (Phi) is 7.74. The second-order valence-electron chi connectivity index (χ2n) is 8.88. The van der Waals surface area contributed by atoms with E-state index in [9.17, 15) is 18.4 Å². The van der Waals surface area contributed by atoms with Gasteiger partial charge < -0.3 is 14.4 Å². The van der Waals surface area contributed by atoms with E-state index in [1.165, 1.54) is 48.0 Å². The summed E-state index contributed by atoms with van der Waals surface area (Å²) < 4.78 is 39.7. The fourth-order valence-corrected chi connectivity index (χ4v) is 4.86. The van der Waals surface area contributed by atoms with Crippen LogP contribution in [0.5, 0.6) is 11.5 Å². The van der Waals surface area contributed by atoms with E-state index in [2.05, 4.69) is 30.7 Å². The maximum absolute atomic E-state index is 13.5. The molecule has 0 aliphatic carbocycles. The number of likely N-dealkylation sites (tertiary alicyclic amines) is 1. The van der Waals surface area contributed by atoms with Gasteiger partial charge in [-0.05, 0) is 31.7 Å². The summed E-state index contributed by atoms with van der Waals surface area (Å²) in [4.78, 5) is 36.5. The van der Waals surface area contributed by atoms with Gasteiger partial charge in [0.2, 0.25) is 0 Å². The first-order chi connectivity index (χ1) is 18.8. The molecule has 1 saturated heterocycles. The fourth-order valence-electron chi connectivity index (χ4n) is 4.30. The molecule has 1 amide bonds. The molecule has 14 heteroatoms. The van der Waals surface area contributed by atoms with E-state index in [0.29, 0.717) is 16.8 Å². The zero-order valence-corrected chi connectivity index (χ0v) is 21.9. The Hall–Kier alpha value is -4.04. The van der Waals surface area contributed by atoms with E-state index in [1.807, 2.05) is 7.05 Å². The van der Waals surface area contributed by atoms with Gasteiger partial charge in [-0.3, -0.25) is 29.9 Å². The summed E-state index contributed by atoms with van der Waals surface area (Å²) in [5.41, 5.74) is 2.31. The van der Waals surface area contributed by atoms with Crippen molar-refractivity contribution in [3.8, 4) is 28.4 Å². The summed E-state index contributed by atoms with van der Waals surface area (Å²) in [6.07, 6.45) is 1.97. The minimum atomic E-state index is -2.85. The Balaban J connectivity index is 1.55. The van der Waals surface area contributed by atoms with Gasteiger partial charge in [0.25, 0.3) is 17.9 Å². The summed E-state index contributed by atoms with van der Waals surface area (Å²) in [7, 11) is 3.37. The molecule has 2 aliphatic heterocycles. The molecule has 2 aliphatic rings. The van der Waals surface area contributed by atoms with Crippen LogP contribution in [0.4, 0.5) is 8.78 Å². The molecule has 2 N–H and O–H groups in total. The molecule has 1 atom stereocenters. The summed E-state index contributed by atoms with van der Waals surface area (Å²) in [6, 6.07) is 5.65. The third kappa shape index (κ3) is 5.86. The standard InChI is InChI=1S/C25H25F2N7O4S/c1-33-5-3-15(12-33)38-14-4-6-34(22(35)7-14)21-9-16(17-8-19(23(26)27)28-11-20(17)37-2)18(10-29-21)24(36)31-25-32-30-13-39-25/h4,6-11,15,23,30H,3,5,12-13H2,1-2H3,(H,31,32,36). The summed E-state index contributed by atoms with van der Waals surface area (Å²) >= 11 is 1.29. The minimum Gasteiger partial charge on any atom is -0.494 e. The van der Waals surface area contributed by atoms with Gasteiger partial charge in [0.1, 0.15) is 29.1 Å². The third-order valence-electron chi connectivity index (χ3n) is 6.22. The van der Waals surface area contributed by atoms with E-state index in [-0.39, 0.29) is 34.4 Å². The SMILES string of the molecule is COc1cnc(C(F)F)cc1-c1cc(-n2ccc(OC3CCN(C)C3)cc2=O)ncc1C(=O)NC1=NNCS1. The van der Waals surface area contributed by atoms with Crippen LogP contribution in [0, 0.1) is 0 Å². The molecule has 11 nitrogen and oxygen atoms in total. The van der Waals surface area contributed by atoms with Gasteiger partial charge in [-0.15, -0.1) is 0 Å². The molecule has 0 spiro atoms. The molecule has 3 aromatic rings. The quantitative estimate of drug-likeness (QED) is 0.451. The number of ether oxygens (including phenoxy) is 2. The first-order valence-electron chi connectivity index (χ1n) is 12.0. The molecule has 3 aromatic heterocycles. The highest BCUT2D eigenvalue weighted by Gasteiger charge is 2.24. The van der Waals surface area contributed by atoms with E-state index in [0.717, 1.165) is 31.8 Å². The highest BCUT2D eigenvalue weighted by Crippen LogP contribution is 2.35. The monoisotopic (exact) mass is 557 g/mol. The normalized spacial score (nSPS) is 17.2. The van der Waals surface area contributed by atoms with Crippen molar-refractivity contribution in [2.75, 3.05) is 33.1 Å². The average Bonchev–Trinajstić information content (AvgIpc) is 3.59. The third-order valence-corrected chi connectivity index (χ3v) is 6.96. The molecule has 204 valence electrons. The fraction of sp³-hybridized carbons (Fsp3) is 0.320. The first-order valence-corrected chi connectivity index (χ1v) is 13.0. The van der Waals surface area contributed by atoms with Gasteiger partial charge in [0, 0.05) is 42.7 Å². The molecule has 39 heavy (non-hydrogen) atoms. The Morgan fingerprint density at radius 3 is 2.74 bits per heavy atom. The lowest BCUT2D eigenvalue weighted by atomic mass is 10.00. The molecular formula is C25H25F2N7O4S. The van der Waals surface area contributed by atoms with Gasteiger partial charge >= 0.3 is 0 Å². The number of hydrazone groups is 1. The first kappa shape index (κ1) is 26.6. The number of nitrogens with zero attached hydrogens (tertiary/aromatic N) is 5. The highest BCUT2D eigenvalue weighted by molar-refractivity contribution is 8.14. The van der Waals surface area contributed by atoms with Gasteiger partial charge in [0.05, 0.1) is 24.7 Å². The number of methoxy groups -OCH3 is 1. The van der Waals surface area contributed by atoms with E-state index in [1.54, 1.807) is 6.07 Å². The zero-order chi connectivity index (χ0) is 27.5. The predicted molar refractivity (Wildman–Crippen MR) is 142 cm³/mol. The summed E-state index contributed by atoms with van der Waals surface area (Å²) in [5, 5.41) is 7.01. The number of alkyl halides is 2. The Bertz CT molecular complexity index is 1480. The number of thioether (sulfide) groups is 1. The number of rotatable bonds is 7. The Labute approximate surface area is 226 Å². The molecule has 0 radical (unpaired) electrons. The van der Waals surface area contributed by atoms with Gasteiger partial charge in [-0.25, -0.2) is 13.8 Å². The lowest BCUT2D eigenvalue weighted by molar-refractivity contribution is 0.0978. The van der Waals surface area contributed by atoms with Gasteiger partial charge in [-0.2, -0.15) is 5.10 Å². The number of likely N-dealkylation sites (N-methyl/N-ethyl adjacent to an activating group) is 1. The number of amides is 1. The van der Waals surface area contributed by atoms with Crippen LogP contribution in [0.15, 0.2) is 52.8 Å². The second kappa shape index (κ2) is 11.4. The lowest BCUT2D eigenvalue weighted by Gasteiger charge is -2.16. The Morgan fingerprint density at radius 1 is 1.23 bits per heavy atom. The largest absolute Gasteiger partial charge is 0.494 e. The summed E-state index contributed by atoms with van der Waals surface area (Å²) in [6.45, 7) is 1.69. The van der Waals surface area contributed by atoms with E-state index < -0.39 is 23.6 Å². The molecule has 1 unspecified atom stereocenters. The van der Waals surface area contributed by atoms with Crippen LogP contribution < -0.4 is 25.8 Å². The maximum atomic E-state index is 13.5. The number of amidine groups is 1. The average molecular weight is 558 g/mol. The van der Waals surface area contributed by atoms with Crippen LogP contribution in [0.3, 0.4) is 0 Å². The van der Waals surface area contributed by atoms with Crippen molar-refractivity contribution in [2.45, 2.75) is 19.0 Å². The van der Waals surface area contributed by atoms with Crippen molar-refractivity contribution in [2.24, 2.45) is 5.10 Å². The van der Waals surface area contributed by atoms with Crippen molar-refractivity contribution < 1.29 is 23.0 Å². The number of carbonyl (C=O) groups excluding carboxylic acids is 1. The van der Waals surface area contributed by atoms with Crippen LogP contribution in [-0.2, 0) is 0 Å². The van der Waals surface area contributed by atoms with Crippen LogP contribution in [0.25, 0.3) is 16.9 Å². The van der Waals surface area contributed by atoms with Crippen LogP contribution in [-0.4, -0.2) is 69.7 Å². The van der Waals surface area contributed by atoms with E-state index in [4.69, 9.17) is 9.47 Å². The van der Waals surface area contributed by atoms with E-state index >= 15 is 0 Å². The second-order valence-corrected chi connectivity index (χ2v) is 9.84. The number of nitrogens with one attached hydrogen (secondary N) is 2. The molecule has 0 bridgehead atoms. The Morgan fingerprint density at radius 2 is 2.08 bits per heavy atom. The highest BCUT2D eigenvalue weighted by atomic mass is 32.2. The number of hydrogen-bond acceptors (Lipinski definition) is 10. The number of halogens is 2. The van der Waals surface area contributed by atoms with Crippen molar-refractivity contribution >= 4 is 22.8 Å².